The molecule has 20 heavy (non-hydrogen) atoms. The maximum absolute atomic E-state index is 5.78. The molecule has 0 aromatic carbocycles. The van der Waals surface area contributed by atoms with Gasteiger partial charge in [0.25, 0.3) is 0 Å². The van der Waals surface area contributed by atoms with Gasteiger partial charge in [-0.25, -0.2) is 0 Å². The van der Waals surface area contributed by atoms with Crippen molar-refractivity contribution in [2.45, 2.75) is 50.9 Å². The summed E-state index contributed by atoms with van der Waals surface area (Å²) in [5.74, 6) is 2.29. The van der Waals surface area contributed by atoms with E-state index in [0.717, 1.165) is 50.4 Å². The van der Waals surface area contributed by atoms with Crippen LogP contribution in [0.2, 0.25) is 0 Å². The van der Waals surface area contributed by atoms with Gasteiger partial charge in [-0.2, -0.15) is 11.8 Å². The molecule has 0 amide bonds. The van der Waals surface area contributed by atoms with Crippen molar-refractivity contribution in [3.8, 4) is 0 Å². The molecule has 0 saturated carbocycles. The summed E-state index contributed by atoms with van der Waals surface area (Å²) in [6.45, 7) is 9.31. The minimum atomic E-state index is 0.332. The Morgan fingerprint density at radius 3 is 3.00 bits per heavy atom. The summed E-state index contributed by atoms with van der Waals surface area (Å²) in [7, 11) is 0. The summed E-state index contributed by atoms with van der Waals surface area (Å²) in [6, 6.07) is 0. The van der Waals surface area contributed by atoms with Crippen molar-refractivity contribution in [3.05, 3.63) is 0 Å². The molecule has 2 fully saturated rings. The van der Waals surface area contributed by atoms with Crippen molar-refractivity contribution < 1.29 is 4.74 Å². The Bertz CT molecular complexity index is 305. The molecule has 2 unspecified atom stereocenters. The van der Waals surface area contributed by atoms with E-state index >= 15 is 0 Å². The maximum Gasteiger partial charge on any atom is 0.194 e. The fraction of sp³-hybridized carbons (Fsp3) is 0.933. The number of hydrogen-bond donors (Lipinski definition) is 1. The minimum Gasteiger partial charge on any atom is -0.376 e. The van der Waals surface area contributed by atoms with Crippen molar-refractivity contribution in [2.24, 2.45) is 4.99 Å². The molecule has 2 rings (SSSR count). The van der Waals surface area contributed by atoms with Gasteiger partial charge in [-0.15, -0.1) is 0 Å². The first-order chi connectivity index (χ1) is 9.83. The normalized spacial score (nSPS) is 28.5. The highest BCUT2D eigenvalue weighted by Gasteiger charge is 2.22. The van der Waals surface area contributed by atoms with E-state index in [9.17, 15) is 0 Å². The molecule has 4 nitrogen and oxygen atoms in total. The average molecular weight is 299 g/mol. The molecule has 2 saturated heterocycles. The van der Waals surface area contributed by atoms with E-state index in [-0.39, 0.29) is 0 Å². The molecular formula is C15H29N3OS. The topological polar surface area (TPSA) is 36.9 Å². The van der Waals surface area contributed by atoms with E-state index < -0.39 is 0 Å². The fourth-order valence-electron chi connectivity index (χ4n) is 2.72. The van der Waals surface area contributed by atoms with Gasteiger partial charge in [-0.3, -0.25) is 4.99 Å². The molecule has 0 aliphatic carbocycles. The highest BCUT2D eigenvalue weighted by Crippen LogP contribution is 2.21. The number of thioether (sulfide) groups is 1. The molecule has 2 aliphatic heterocycles. The van der Waals surface area contributed by atoms with Crippen molar-refractivity contribution >= 4 is 17.7 Å². The standard InChI is InChI=1S/C15H29N3OS/c1-3-14-12-18(8-10-20-14)15(16-4-2)17-11-13-7-5-6-9-19-13/h13-14H,3-12H2,1-2H3,(H,16,17). The Morgan fingerprint density at radius 1 is 1.40 bits per heavy atom. The number of ether oxygens (including phenoxy) is 1. The smallest absolute Gasteiger partial charge is 0.194 e. The molecule has 5 heteroatoms. The number of nitrogens with zero attached hydrogens (tertiary/aromatic N) is 2. The van der Waals surface area contributed by atoms with Crippen molar-refractivity contribution in [1.82, 2.24) is 10.2 Å². The number of aliphatic imine (C=N–C) groups is 1. The average Bonchev–Trinajstić information content (AvgIpc) is 2.52. The van der Waals surface area contributed by atoms with Crippen LogP contribution < -0.4 is 5.32 Å². The van der Waals surface area contributed by atoms with E-state index in [1.165, 1.54) is 25.0 Å². The highest BCUT2D eigenvalue weighted by molar-refractivity contribution is 8.00. The molecule has 0 bridgehead atoms. The first-order valence-electron chi connectivity index (χ1n) is 8.10. The lowest BCUT2D eigenvalue weighted by Gasteiger charge is -2.34. The van der Waals surface area contributed by atoms with Gasteiger partial charge in [0, 0.05) is 37.2 Å². The third-order valence-electron chi connectivity index (χ3n) is 3.95. The number of rotatable bonds is 4. The van der Waals surface area contributed by atoms with Gasteiger partial charge in [-0.05, 0) is 32.6 Å². The molecule has 2 aliphatic rings. The molecule has 0 aromatic heterocycles. The highest BCUT2D eigenvalue weighted by atomic mass is 32.2. The van der Waals surface area contributed by atoms with Gasteiger partial charge < -0.3 is 15.0 Å². The molecule has 116 valence electrons. The summed E-state index contributed by atoms with van der Waals surface area (Å²) >= 11 is 2.10. The zero-order chi connectivity index (χ0) is 14.2. The van der Waals surface area contributed by atoms with Crippen LogP contribution in [0.4, 0.5) is 0 Å². The van der Waals surface area contributed by atoms with Crippen LogP contribution >= 0.6 is 11.8 Å². The van der Waals surface area contributed by atoms with Crippen molar-refractivity contribution in [1.29, 1.82) is 0 Å². The fourth-order valence-corrected chi connectivity index (χ4v) is 3.90. The SMILES string of the molecule is CCNC(=NCC1CCCCO1)N1CCSC(CC)C1. The Balaban J connectivity index is 1.90. The van der Waals surface area contributed by atoms with E-state index in [1.54, 1.807) is 0 Å². The Kier molecular flexibility index (Phi) is 7.00. The lowest BCUT2D eigenvalue weighted by Crippen LogP contribution is -2.48. The lowest BCUT2D eigenvalue weighted by atomic mass is 10.1. The van der Waals surface area contributed by atoms with Crippen LogP contribution in [-0.4, -0.2) is 60.8 Å². The van der Waals surface area contributed by atoms with Crippen molar-refractivity contribution in [2.75, 3.05) is 38.5 Å². The van der Waals surface area contributed by atoms with E-state index in [1.807, 2.05) is 0 Å². The zero-order valence-corrected chi connectivity index (χ0v) is 13.8. The van der Waals surface area contributed by atoms with Gasteiger partial charge in [-0.1, -0.05) is 6.92 Å². The molecule has 1 N–H and O–H groups in total. The van der Waals surface area contributed by atoms with Crippen LogP contribution in [0.15, 0.2) is 4.99 Å². The van der Waals surface area contributed by atoms with E-state index in [4.69, 9.17) is 9.73 Å². The van der Waals surface area contributed by atoms with Gasteiger partial charge in [0.1, 0.15) is 0 Å². The number of nitrogens with one attached hydrogen (secondary N) is 1. The van der Waals surface area contributed by atoms with E-state index in [0.29, 0.717) is 6.10 Å². The third kappa shape index (κ3) is 4.85. The number of guanidine groups is 1. The van der Waals surface area contributed by atoms with Gasteiger partial charge in [0.15, 0.2) is 5.96 Å². The second-order valence-corrected chi connectivity index (χ2v) is 6.94. The number of hydrogen-bond acceptors (Lipinski definition) is 3. The Morgan fingerprint density at radius 2 is 2.30 bits per heavy atom. The molecule has 2 heterocycles. The van der Waals surface area contributed by atoms with E-state index in [2.05, 4.69) is 35.8 Å². The maximum atomic E-state index is 5.78. The summed E-state index contributed by atoms with van der Waals surface area (Å²) < 4.78 is 5.78. The van der Waals surface area contributed by atoms with Crippen LogP contribution in [0.25, 0.3) is 0 Å². The van der Waals surface area contributed by atoms with Gasteiger partial charge in [0.05, 0.1) is 12.6 Å². The first kappa shape index (κ1) is 16.0. The second kappa shape index (κ2) is 8.78. The second-order valence-electron chi connectivity index (χ2n) is 5.53. The molecule has 0 radical (unpaired) electrons. The van der Waals surface area contributed by atoms with Crippen LogP contribution in [0.3, 0.4) is 0 Å². The molecule has 0 spiro atoms. The predicted octanol–water partition coefficient (Wildman–Crippen LogP) is 2.35. The summed E-state index contributed by atoms with van der Waals surface area (Å²) in [6.07, 6.45) is 5.23. The van der Waals surface area contributed by atoms with Crippen LogP contribution in [0, 0.1) is 0 Å². The van der Waals surface area contributed by atoms with Crippen molar-refractivity contribution in [3.63, 3.8) is 0 Å². The van der Waals surface area contributed by atoms with Crippen LogP contribution in [-0.2, 0) is 4.74 Å². The monoisotopic (exact) mass is 299 g/mol. The molecular weight excluding hydrogens is 270 g/mol. The lowest BCUT2D eigenvalue weighted by molar-refractivity contribution is 0.0223. The Labute approximate surface area is 127 Å². The largest absolute Gasteiger partial charge is 0.376 e. The third-order valence-corrected chi connectivity index (χ3v) is 5.32. The summed E-state index contributed by atoms with van der Waals surface area (Å²) in [5, 5.41) is 4.20. The minimum absolute atomic E-state index is 0.332. The predicted molar refractivity (Wildman–Crippen MR) is 87.7 cm³/mol. The van der Waals surface area contributed by atoms with Crippen LogP contribution in [0.1, 0.15) is 39.5 Å². The van der Waals surface area contributed by atoms with Crippen LogP contribution in [0.5, 0.6) is 0 Å². The van der Waals surface area contributed by atoms with Gasteiger partial charge in [0.2, 0.25) is 0 Å². The summed E-state index contributed by atoms with van der Waals surface area (Å²) in [5.41, 5.74) is 0. The molecule has 2 atom stereocenters. The zero-order valence-electron chi connectivity index (χ0n) is 12.9. The quantitative estimate of drug-likeness (QED) is 0.639. The van der Waals surface area contributed by atoms with Gasteiger partial charge >= 0.3 is 0 Å². The Hall–Kier alpha value is -0.420. The first-order valence-corrected chi connectivity index (χ1v) is 9.14. The molecule has 0 aromatic rings. The summed E-state index contributed by atoms with van der Waals surface area (Å²) in [4.78, 5) is 7.25.